The number of likely N-dealkylation sites (tertiary alicyclic amines) is 1. The molecule has 0 spiro atoms. The van der Waals surface area contributed by atoms with Crippen molar-refractivity contribution in [2.24, 2.45) is 0 Å². The van der Waals surface area contributed by atoms with Crippen LogP contribution in [0.1, 0.15) is 51.9 Å². The van der Waals surface area contributed by atoms with Gasteiger partial charge in [0.2, 0.25) is 0 Å². The number of piperidine rings is 1. The quantitative estimate of drug-likeness (QED) is 0.608. The van der Waals surface area contributed by atoms with Gasteiger partial charge in [0, 0.05) is 12.6 Å². The maximum absolute atomic E-state index is 5.81. The van der Waals surface area contributed by atoms with E-state index in [0.29, 0.717) is 6.04 Å². The summed E-state index contributed by atoms with van der Waals surface area (Å²) in [5.41, 5.74) is 0. The summed E-state index contributed by atoms with van der Waals surface area (Å²) < 4.78 is 5.81. The molecule has 0 saturated carbocycles. The molecule has 0 radical (unpaired) electrons. The minimum Gasteiger partial charge on any atom is -0.380 e. The lowest BCUT2D eigenvalue weighted by molar-refractivity contribution is 0.0512. The number of ether oxygens (including phenoxy) is 1. The fourth-order valence-corrected chi connectivity index (χ4v) is 2.51. The Morgan fingerprint density at radius 3 is 2.83 bits per heavy atom. The van der Waals surface area contributed by atoms with E-state index in [4.69, 9.17) is 4.74 Å². The van der Waals surface area contributed by atoms with E-state index in [9.17, 15) is 0 Å². The van der Waals surface area contributed by atoms with Gasteiger partial charge in [0.15, 0.2) is 0 Å². The standard InChI is InChI=1S/C15H32N2O/c1-3-10-16-11-6-4-8-13-18-14-15-9-5-7-12-17(15)2/h15-16H,3-14H2,1-2H3. The first-order valence-corrected chi connectivity index (χ1v) is 7.83. The van der Waals surface area contributed by atoms with E-state index in [1.165, 1.54) is 58.0 Å². The van der Waals surface area contributed by atoms with Gasteiger partial charge in [-0.15, -0.1) is 0 Å². The Bertz CT molecular complexity index is 187. The second kappa shape index (κ2) is 10.8. The Balaban J connectivity index is 1.83. The highest BCUT2D eigenvalue weighted by atomic mass is 16.5. The van der Waals surface area contributed by atoms with Gasteiger partial charge in [0.05, 0.1) is 6.61 Å². The second-order valence-electron chi connectivity index (χ2n) is 5.52. The van der Waals surface area contributed by atoms with Crippen molar-refractivity contribution < 1.29 is 4.74 Å². The van der Waals surface area contributed by atoms with Gasteiger partial charge < -0.3 is 15.0 Å². The molecule has 0 amide bonds. The van der Waals surface area contributed by atoms with Crippen LogP contribution in [0.3, 0.4) is 0 Å². The third-order valence-electron chi connectivity index (χ3n) is 3.80. The topological polar surface area (TPSA) is 24.5 Å². The molecule has 3 nitrogen and oxygen atoms in total. The van der Waals surface area contributed by atoms with Gasteiger partial charge >= 0.3 is 0 Å². The number of unbranched alkanes of at least 4 members (excludes halogenated alkanes) is 2. The van der Waals surface area contributed by atoms with E-state index in [-0.39, 0.29) is 0 Å². The lowest BCUT2D eigenvalue weighted by atomic mass is 10.0. The molecule has 1 N–H and O–H groups in total. The highest BCUT2D eigenvalue weighted by Gasteiger charge is 2.18. The monoisotopic (exact) mass is 256 g/mol. The van der Waals surface area contributed by atoms with Gasteiger partial charge in [0.25, 0.3) is 0 Å². The summed E-state index contributed by atoms with van der Waals surface area (Å²) in [6.07, 6.45) is 9.07. The Hall–Kier alpha value is -0.120. The van der Waals surface area contributed by atoms with Gasteiger partial charge in [0.1, 0.15) is 0 Å². The predicted octanol–water partition coefficient (Wildman–Crippen LogP) is 2.66. The number of nitrogens with one attached hydrogen (secondary N) is 1. The Morgan fingerprint density at radius 1 is 1.17 bits per heavy atom. The molecule has 1 aliphatic rings. The van der Waals surface area contributed by atoms with Gasteiger partial charge in [-0.2, -0.15) is 0 Å². The van der Waals surface area contributed by atoms with Gasteiger partial charge in [-0.25, -0.2) is 0 Å². The smallest absolute Gasteiger partial charge is 0.0621 e. The minimum atomic E-state index is 0.671. The second-order valence-corrected chi connectivity index (χ2v) is 5.52. The van der Waals surface area contributed by atoms with Crippen LogP contribution in [0.2, 0.25) is 0 Å². The molecule has 0 bridgehead atoms. The molecule has 1 unspecified atom stereocenters. The number of hydrogen-bond donors (Lipinski definition) is 1. The minimum absolute atomic E-state index is 0.671. The summed E-state index contributed by atoms with van der Waals surface area (Å²) >= 11 is 0. The van der Waals surface area contributed by atoms with Crippen LogP contribution in [0.5, 0.6) is 0 Å². The molecule has 0 aromatic carbocycles. The first kappa shape index (κ1) is 15.9. The third-order valence-corrected chi connectivity index (χ3v) is 3.80. The van der Waals surface area contributed by atoms with Crippen LogP contribution >= 0.6 is 0 Å². The van der Waals surface area contributed by atoms with Crippen molar-refractivity contribution in [2.45, 2.75) is 57.9 Å². The van der Waals surface area contributed by atoms with Crippen LogP contribution in [0.25, 0.3) is 0 Å². The zero-order valence-corrected chi connectivity index (χ0v) is 12.4. The number of rotatable bonds is 10. The summed E-state index contributed by atoms with van der Waals surface area (Å²) in [7, 11) is 2.23. The zero-order valence-electron chi connectivity index (χ0n) is 12.4. The Kier molecular flexibility index (Phi) is 9.54. The van der Waals surface area contributed by atoms with Crippen molar-refractivity contribution in [3.05, 3.63) is 0 Å². The van der Waals surface area contributed by atoms with E-state index in [1.807, 2.05) is 0 Å². The molecule has 1 atom stereocenters. The normalized spacial score (nSPS) is 21.3. The average molecular weight is 256 g/mol. The maximum Gasteiger partial charge on any atom is 0.0621 e. The lowest BCUT2D eigenvalue weighted by Crippen LogP contribution is -2.39. The van der Waals surface area contributed by atoms with Crippen LogP contribution in [0.4, 0.5) is 0 Å². The van der Waals surface area contributed by atoms with Crippen molar-refractivity contribution in [3.63, 3.8) is 0 Å². The van der Waals surface area contributed by atoms with Crippen molar-refractivity contribution in [3.8, 4) is 0 Å². The van der Waals surface area contributed by atoms with E-state index in [0.717, 1.165) is 19.8 Å². The molecule has 1 fully saturated rings. The van der Waals surface area contributed by atoms with Crippen LogP contribution in [-0.4, -0.2) is 50.8 Å². The first-order valence-electron chi connectivity index (χ1n) is 7.83. The van der Waals surface area contributed by atoms with Gasteiger partial charge in [-0.1, -0.05) is 13.3 Å². The van der Waals surface area contributed by atoms with E-state index >= 15 is 0 Å². The maximum atomic E-state index is 5.81. The fraction of sp³-hybridized carbons (Fsp3) is 1.00. The van der Waals surface area contributed by atoms with E-state index in [1.54, 1.807) is 0 Å². The van der Waals surface area contributed by atoms with E-state index in [2.05, 4.69) is 24.2 Å². The highest BCUT2D eigenvalue weighted by molar-refractivity contribution is 4.73. The molecule has 18 heavy (non-hydrogen) atoms. The van der Waals surface area contributed by atoms with Crippen molar-refractivity contribution in [1.29, 1.82) is 0 Å². The molecule has 1 rings (SSSR count). The summed E-state index contributed by atoms with van der Waals surface area (Å²) in [6, 6.07) is 0.671. The van der Waals surface area contributed by atoms with E-state index < -0.39 is 0 Å². The molecule has 0 aromatic heterocycles. The lowest BCUT2D eigenvalue weighted by Gasteiger charge is -2.32. The van der Waals surface area contributed by atoms with Crippen molar-refractivity contribution >= 4 is 0 Å². The molecule has 1 aliphatic heterocycles. The highest BCUT2D eigenvalue weighted by Crippen LogP contribution is 2.15. The fourth-order valence-electron chi connectivity index (χ4n) is 2.51. The molecule has 0 aromatic rings. The molecule has 0 aliphatic carbocycles. The largest absolute Gasteiger partial charge is 0.380 e. The summed E-state index contributed by atoms with van der Waals surface area (Å²) in [6.45, 7) is 7.66. The van der Waals surface area contributed by atoms with Gasteiger partial charge in [-0.05, 0) is 65.2 Å². The zero-order chi connectivity index (χ0) is 13.1. The van der Waals surface area contributed by atoms with Crippen molar-refractivity contribution in [1.82, 2.24) is 10.2 Å². The van der Waals surface area contributed by atoms with Gasteiger partial charge in [-0.3, -0.25) is 0 Å². The number of hydrogen-bond acceptors (Lipinski definition) is 3. The SMILES string of the molecule is CCCNCCCCCOCC1CCCCN1C. The molecular weight excluding hydrogens is 224 g/mol. The van der Waals surface area contributed by atoms with Crippen LogP contribution in [0.15, 0.2) is 0 Å². The summed E-state index contributed by atoms with van der Waals surface area (Å²) in [4.78, 5) is 2.46. The van der Waals surface area contributed by atoms with Crippen LogP contribution in [0, 0.1) is 0 Å². The third kappa shape index (κ3) is 7.34. The van der Waals surface area contributed by atoms with Crippen molar-refractivity contribution in [2.75, 3.05) is 39.9 Å². The predicted molar refractivity (Wildman–Crippen MR) is 78.1 cm³/mol. The summed E-state index contributed by atoms with van der Waals surface area (Å²) in [5.74, 6) is 0. The summed E-state index contributed by atoms with van der Waals surface area (Å²) in [5, 5.41) is 3.44. The molecule has 1 heterocycles. The number of likely N-dealkylation sites (N-methyl/N-ethyl adjacent to an activating group) is 1. The molecule has 3 heteroatoms. The van der Waals surface area contributed by atoms with Crippen LogP contribution < -0.4 is 5.32 Å². The molecule has 1 saturated heterocycles. The number of nitrogens with zero attached hydrogens (tertiary/aromatic N) is 1. The molecular formula is C15H32N2O. The Morgan fingerprint density at radius 2 is 2.06 bits per heavy atom. The average Bonchev–Trinajstić information content (AvgIpc) is 2.39. The van der Waals surface area contributed by atoms with Crippen LogP contribution in [-0.2, 0) is 4.74 Å². The Labute approximate surface area is 113 Å². The first-order chi connectivity index (χ1) is 8.84. The molecule has 108 valence electrons.